The molecule has 0 bridgehead atoms. The number of hydrogen-bond donors (Lipinski definition) is 0. The van der Waals surface area contributed by atoms with E-state index in [2.05, 4.69) is 4.90 Å². The monoisotopic (exact) mass is 372 g/mol. The zero-order chi connectivity index (χ0) is 19.0. The number of methoxy groups -OCH3 is 1. The van der Waals surface area contributed by atoms with E-state index in [4.69, 9.17) is 9.47 Å². The Kier molecular flexibility index (Phi) is 4.84. The maximum absolute atomic E-state index is 12.8. The van der Waals surface area contributed by atoms with Crippen molar-refractivity contribution in [1.29, 1.82) is 0 Å². The van der Waals surface area contributed by atoms with E-state index >= 15 is 0 Å². The average molecular weight is 372 g/mol. The molecule has 1 saturated heterocycles. The molecule has 1 aliphatic carbocycles. The predicted molar refractivity (Wildman–Crippen MR) is 101 cm³/mol. The number of likely N-dealkylation sites (tertiary alicyclic amines) is 1. The van der Waals surface area contributed by atoms with Crippen LogP contribution in [0, 0.1) is 5.92 Å². The largest absolute Gasteiger partial charge is 0.497 e. The summed E-state index contributed by atoms with van der Waals surface area (Å²) in [5.74, 6) is 0.637. The number of carbonyl (C=O) groups excluding carboxylic acids is 2. The van der Waals surface area contributed by atoms with Crippen LogP contribution in [0.4, 0.5) is 0 Å². The molecule has 1 aromatic carbocycles. The highest BCUT2D eigenvalue weighted by Gasteiger charge is 2.48. The van der Waals surface area contributed by atoms with Crippen molar-refractivity contribution >= 4 is 11.9 Å². The van der Waals surface area contributed by atoms with Crippen LogP contribution >= 0.6 is 0 Å². The lowest BCUT2D eigenvalue weighted by Crippen LogP contribution is -2.45. The van der Waals surface area contributed by atoms with Gasteiger partial charge in [-0.15, -0.1) is 0 Å². The minimum atomic E-state index is -0.564. The number of likely N-dealkylation sites (N-methyl/N-ethyl adjacent to an activating group) is 1. The molecular weight excluding hydrogens is 344 g/mol. The number of rotatable bonds is 5. The molecule has 0 unspecified atom stereocenters. The van der Waals surface area contributed by atoms with Crippen molar-refractivity contribution in [2.45, 2.75) is 37.7 Å². The van der Waals surface area contributed by atoms with Crippen LogP contribution in [-0.4, -0.2) is 62.0 Å². The predicted octanol–water partition coefficient (Wildman–Crippen LogP) is 2.42. The van der Waals surface area contributed by atoms with Gasteiger partial charge < -0.3 is 19.3 Å². The minimum Gasteiger partial charge on any atom is -0.497 e. The number of fused-ring (bicyclic) bond motifs is 2. The second-order valence-electron chi connectivity index (χ2n) is 8.02. The van der Waals surface area contributed by atoms with Crippen molar-refractivity contribution in [1.82, 2.24) is 9.80 Å². The maximum atomic E-state index is 12.8. The fraction of sp³-hybridized carbons (Fsp3) is 0.619. The Hall–Kier alpha value is -2.08. The van der Waals surface area contributed by atoms with Crippen LogP contribution in [0.3, 0.4) is 0 Å². The van der Waals surface area contributed by atoms with Crippen LogP contribution in [0.25, 0.3) is 0 Å². The molecule has 3 aliphatic rings. The first-order valence-corrected chi connectivity index (χ1v) is 9.91. The summed E-state index contributed by atoms with van der Waals surface area (Å²) in [6.45, 7) is 4.07. The molecule has 2 aliphatic heterocycles. The van der Waals surface area contributed by atoms with Crippen molar-refractivity contribution in [3.8, 4) is 5.75 Å². The van der Waals surface area contributed by atoms with Crippen LogP contribution in [0.1, 0.15) is 48.0 Å². The number of amides is 1. The Bertz CT molecular complexity index is 736. The van der Waals surface area contributed by atoms with Gasteiger partial charge >= 0.3 is 5.97 Å². The molecule has 4 rings (SSSR count). The number of hydrogen-bond acceptors (Lipinski definition) is 5. The van der Waals surface area contributed by atoms with Crippen LogP contribution < -0.4 is 4.74 Å². The zero-order valence-corrected chi connectivity index (χ0v) is 16.2. The van der Waals surface area contributed by atoms with Gasteiger partial charge in [0.15, 0.2) is 0 Å². The van der Waals surface area contributed by atoms with E-state index in [0.717, 1.165) is 44.6 Å². The van der Waals surface area contributed by atoms with Gasteiger partial charge in [0.05, 0.1) is 12.7 Å². The van der Waals surface area contributed by atoms with Crippen LogP contribution in [0.15, 0.2) is 18.2 Å². The fourth-order valence-corrected chi connectivity index (χ4v) is 4.52. The molecule has 0 aromatic heterocycles. The minimum absolute atomic E-state index is 0.0259. The van der Waals surface area contributed by atoms with E-state index in [1.54, 1.807) is 13.2 Å². The molecule has 1 spiro atoms. The number of ether oxygens (including phenoxy) is 2. The second-order valence-corrected chi connectivity index (χ2v) is 8.02. The van der Waals surface area contributed by atoms with Gasteiger partial charge in [0, 0.05) is 31.6 Å². The number of nitrogens with zero attached hydrogens (tertiary/aromatic N) is 2. The van der Waals surface area contributed by atoms with Gasteiger partial charge in [-0.25, -0.2) is 4.79 Å². The topological polar surface area (TPSA) is 59.1 Å². The van der Waals surface area contributed by atoms with Crippen molar-refractivity contribution in [2.24, 2.45) is 5.92 Å². The van der Waals surface area contributed by atoms with Gasteiger partial charge in [-0.1, -0.05) is 6.07 Å². The lowest BCUT2D eigenvalue weighted by molar-refractivity contribution is -0.137. The summed E-state index contributed by atoms with van der Waals surface area (Å²) < 4.78 is 11.1. The van der Waals surface area contributed by atoms with Crippen LogP contribution in [0.5, 0.6) is 5.75 Å². The van der Waals surface area contributed by atoms with Crippen molar-refractivity contribution in [3.63, 3.8) is 0 Å². The number of benzene rings is 1. The molecule has 6 nitrogen and oxygen atoms in total. The lowest BCUT2D eigenvalue weighted by atomic mass is 9.74. The lowest BCUT2D eigenvalue weighted by Gasteiger charge is -2.37. The molecule has 1 amide bonds. The first kappa shape index (κ1) is 18.3. The van der Waals surface area contributed by atoms with Gasteiger partial charge in [0.25, 0.3) is 0 Å². The molecule has 146 valence electrons. The molecule has 0 radical (unpaired) electrons. The van der Waals surface area contributed by atoms with E-state index < -0.39 is 5.60 Å². The van der Waals surface area contributed by atoms with Gasteiger partial charge in [0.2, 0.25) is 5.91 Å². The molecule has 6 heteroatoms. The second kappa shape index (κ2) is 7.15. The maximum Gasteiger partial charge on any atom is 0.339 e. The van der Waals surface area contributed by atoms with Gasteiger partial charge in [-0.3, -0.25) is 4.79 Å². The molecule has 2 fully saturated rings. The normalized spacial score (nSPS) is 27.0. The summed E-state index contributed by atoms with van der Waals surface area (Å²) in [4.78, 5) is 29.4. The Morgan fingerprint density at radius 1 is 1.33 bits per heavy atom. The molecular formula is C21H28N2O4. The van der Waals surface area contributed by atoms with E-state index in [1.165, 1.54) is 6.42 Å². The van der Waals surface area contributed by atoms with Crippen molar-refractivity contribution in [2.75, 3.05) is 40.3 Å². The molecule has 1 aromatic rings. The average Bonchev–Trinajstić information content (AvgIpc) is 2.91. The van der Waals surface area contributed by atoms with Gasteiger partial charge in [-0.2, -0.15) is 0 Å². The highest BCUT2D eigenvalue weighted by molar-refractivity contribution is 5.95. The standard InChI is InChI=1S/C21H28N2O4/c1-22(12-13-23-10-3-11-23)19(24)15-6-8-21(9-7-15)18-5-4-16(26-2)14-17(18)20(25)27-21/h4-5,14-15H,3,6-13H2,1-2H3/t15-,21-. The highest BCUT2D eigenvalue weighted by atomic mass is 16.6. The first-order valence-electron chi connectivity index (χ1n) is 9.91. The summed E-state index contributed by atoms with van der Waals surface area (Å²) in [5.41, 5.74) is 0.988. The first-order chi connectivity index (χ1) is 13.0. The number of esters is 1. The van der Waals surface area contributed by atoms with E-state index in [1.807, 2.05) is 24.1 Å². The van der Waals surface area contributed by atoms with Crippen LogP contribution in [0.2, 0.25) is 0 Å². The van der Waals surface area contributed by atoms with E-state index in [9.17, 15) is 9.59 Å². The van der Waals surface area contributed by atoms with E-state index in [-0.39, 0.29) is 17.8 Å². The third-order valence-corrected chi connectivity index (χ3v) is 6.44. The Morgan fingerprint density at radius 3 is 2.70 bits per heavy atom. The summed E-state index contributed by atoms with van der Waals surface area (Å²) >= 11 is 0. The van der Waals surface area contributed by atoms with Gasteiger partial charge in [0.1, 0.15) is 11.4 Å². The quantitative estimate of drug-likeness (QED) is 0.743. The Labute approximate surface area is 160 Å². The van der Waals surface area contributed by atoms with E-state index in [0.29, 0.717) is 24.2 Å². The van der Waals surface area contributed by atoms with Crippen molar-refractivity contribution in [3.05, 3.63) is 29.3 Å². The fourth-order valence-electron chi connectivity index (χ4n) is 4.52. The summed E-state index contributed by atoms with van der Waals surface area (Å²) in [6.07, 6.45) is 4.19. The Balaban J connectivity index is 1.39. The third kappa shape index (κ3) is 3.31. The Morgan fingerprint density at radius 2 is 2.07 bits per heavy atom. The molecule has 2 heterocycles. The zero-order valence-electron chi connectivity index (χ0n) is 16.2. The SMILES string of the molecule is COc1ccc2c(c1)C(=O)O[C@]21CC[C@H](C(=O)N(C)CCN2CCC2)CC1. The molecule has 1 saturated carbocycles. The summed E-state index contributed by atoms with van der Waals surface area (Å²) in [5, 5.41) is 0. The third-order valence-electron chi connectivity index (χ3n) is 6.44. The molecule has 0 N–H and O–H groups in total. The smallest absolute Gasteiger partial charge is 0.339 e. The molecule has 27 heavy (non-hydrogen) atoms. The van der Waals surface area contributed by atoms with Crippen LogP contribution in [-0.2, 0) is 15.1 Å². The summed E-state index contributed by atoms with van der Waals surface area (Å²) in [7, 11) is 3.50. The van der Waals surface area contributed by atoms with Gasteiger partial charge in [-0.05, 0) is 57.3 Å². The highest BCUT2D eigenvalue weighted by Crippen LogP contribution is 2.48. The van der Waals surface area contributed by atoms with Crippen molar-refractivity contribution < 1.29 is 19.1 Å². The molecule has 0 atom stereocenters. The summed E-state index contributed by atoms with van der Waals surface area (Å²) in [6, 6.07) is 5.58. The number of carbonyl (C=O) groups is 2.